The summed E-state index contributed by atoms with van der Waals surface area (Å²) in [5.74, 6) is 0.379. The van der Waals surface area contributed by atoms with Gasteiger partial charge < -0.3 is 14.2 Å². The number of rotatable bonds is 6. The van der Waals surface area contributed by atoms with Gasteiger partial charge in [-0.25, -0.2) is 0 Å². The number of allylic oxidation sites excluding steroid dienone is 1. The van der Waals surface area contributed by atoms with E-state index in [0.717, 1.165) is 25.9 Å². The largest absolute Gasteiger partial charge is 0.469 e. The summed E-state index contributed by atoms with van der Waals surface area (Å²) in [6.07, 6.45) is 5.24. The molecule has 0 saturated carbocycles. The minimum atomic E-state index is -0.257. The number of Topliss-reactive ketones (excluding diaryl/α,β-unsaturated/α-hetero) is 1. The second-order valence-corrected chi connectivity index (χ2v) is 5.94. The third kappa shape index (κ3) is 4.61. The first kappa shape index (κ1) is 15.5. The standard InChI is InChI=1S/C14H20O5S/c1-17-13(16)5-7-20-12-9-10(8-11(12)15)19-14-4-2-3-6-18-14/h9-10,14H,2-8H2,1H3. The number of hydrogen-bond donors (Lipinski definition) is 0. The number of carbonyl (C=O) groups excluding carboxylic acids is 2. The minimum absolute atomic E-state index is 0.0840. The van der Waals surface area contributed by atoms with Crippen LogP contribution in [-0.4, -0.2) is 43.6 Å². The first-order chi connectivity index (χ1) is 9.69. The molecule has 6 heteroatoms. The predicted molar refractivity (Wildman–Crippen MR) is 75.3 cm³/mol. The summed E-state index contributed by atoms with van der Waals surface area (Å²) in [5, 5.41) is 0. The third-order valence-corrected chi connectivity index (χ3v) is 4.34. The van der Waals surface area contributed by atoms with Crippen molar-refractivity contribution in [2.45, 2.75) is 44.5 Å². The lowest BCUT2D eigenvalue weighted by molar-refractivity contribution is -0.178. The van der Waals surface area contributed by atoms with Crippen LogP contribution in [0.2, 0.25) is 0 Å². The maximum atomic E-state index is 11.8. The van der Waals surface area contributed by atoms with Crippen LogP contribution in [0.15, 0.2) is 11.0 Å². The normalized spacial score (nSPS) is 26.4. The van der Waals surface area contributed by atoms with Crippen molar-refractivity contribution in [2.24, 2.45) is 0 Å². The molecule has 0 amide bonds. The Bertz CT molecular complexity index is 387. The van der Waals surface area contributed by atoms with Crippen LogP contribution < -0.4 is 0 Å². The molecule has 0 aromatic carbocycles. The second kappa shape index (κ2) is 7.81. The van der Waals surface area contributed by atoms with Crippen molar-refractivity contribution >= 4 is 23.5 Å². The number of ether oxygens (including phenoxy) is 3. The smallest absolute Gasteiger partial charge is 0.306 e. The van der Waals surface area contributed by atoms with Crippen molar-refractivity contribution < 1.29 is 23.8 Å². The Morgan fingerprint density at radius 2 is 2.35 bits per heavy atom. The molecule has 0 radical (unpaired) electrons. The fourth-order valence-electron chi connectivity index (χ4n) is 2.18. The predicted octanol–water partition coefficient (Wildman–Crippen LogP) is 2.05. The zero-order valence-corrected chi connectivity index (χ0v) is 12.4. The van der Waals surface area contributed by atoms with Gasteiger partial charge in [0.25, 0.3) is 0 Å². The number of methoxy groups -OCH3 is 1. The lowest BCUT2D eigenvalue weighted by atomic mass is 10.2. The maximum Gasteiger partial charge on any atom is 0.306 e. The van der Waals surface area contributed by atoms with Gasteiger partial charge in [-0.15, -0.1) is 11.8 Å². The van der Waals surface area contributed by atoms with Crippen LogP contribution in [0.25, 0.3) is 0 Å². The third-order valence-electron chi connectivity index (χ3n) is 3.25. The van der Waals surface area contributed by atoms with Gasteiger partial charge in [0.15, 0.2) is 12.1 Å². The van der Waals surface area contributed by atoms with Crippen LogP contribution in [0.5, 0.6) is 0 Å². The summed E-state index contributed by atoms with van der Waals surface area (Å²) in [5.41, 5.74) is 0. The molecule has 0 bridgehead atoms. The molecule has 2 aliphatic rings. The summed E-state index contributed by atoms with van der Waals surface area (Å²) in [6.45, 7) is 0.732. The molecule has 1 fully saturated rings. The van der Waals surface area contributed by atoms with Crippen molar-refractivity contribution in [3.8, 4) is 0 Å². The van der Waals surface area contributed by atoms with Crippen molar-refractivity contribution in [3.63, 3.8) is 0 Å². The highest BCUT2D eigenvalue weighted by atomic mass is 32.2. The van der Waals surface area contributed by atoms with Crippen molar-refractivity contribution in [3.05, 3.63) is 11.0 Å². The van der Waals surface area contributed by atoms with Crippen LogP contribution in [0.3, 0.4) is 0 Å². The van der Waals surface area contributed by atoms with Crippen molar-refractivity contribution in [1.29, 1.82) is 0 Å². The van der Waals surface area contributed by atoms with E-state index in [2.05, 4.69) is 4.74 Å². The SMILES string of the molecule is COC(=O)CCSC1=CC(OC2CCCCO2)CC1=O. The summed E-state index contributed by atoms with van der Waals surface area (Å²) in [4.78, 5) is 23.5. The van der Waals surface area contributed by atoms with E-state index < -0.39 is 0 Å². The van der Waals surface area contributed by atoms with Gasteiger partial charge in [-0.1, -0.05) is 0 Å². The average molecular weight is 300 g/mol. The summed E-state index contributed by atoms with van der Waals surface area (Å²) >= 11 is 1.39. The van der Waals surface area contributed by atoms with Gasteiger partial charge in [0, 0.05) is 23.7 Å². The zero-order valence-electron chi connectivity index (χ0n) is 11.6. The Morgan fingerprint density at radius 1 is 1.50 bits per heavy atom. The molecule has 1 aliphatic heterocycles. The van der Waals surface area contributed by atoms with E-state index in [-0.39, 0.29) is 24.1 Å². The number of thioether (sulfide) groups is 1. The Morgan fingerprint density at radius 3 is 3.05 bits per heavy atom. The minimum Gasteiger partial charge on any atom is -0.469 e. The van der Waals surface area contributed by atoms with Gasteiger partial charge in [0.2, 0.25) is 0 Å². The molecule has 1 saturated heterocycles. The quantitative estimate of drug-likeness (QED) is 0.700. The van der Waals surface area contributed by atoms with E-state index in [9.17, 15) is 9.59 Å². The monoisotopic (exact) mass is 300 g/mol. The molecular weight excluding hydrogens is 280 g/mol. The Hall–Kier alpha value is -0.850. The zero-order chi connectivity index (χ0) is 14.4. The lowest BCUT2D eigenvalue weighted by Gasteiger charge is -2.24. The number of carbonyl (C=O) groups is 2. The highest BCUT2D eigenvalue weighted by Gasteiger charge is 2.28. The molecule has 1 heterocycles. The van der Waals surface area contributed by atoms with E-state index in [1.165, 1.54) is 18.9 Å². The molecule has 0 N–H and O–H groups in total. The van der Waals surface area contributed by atoms with E-state index >= 15 is 0 Å². The Balaban J connectivity index is 1.76. The van der Waals surface area contributed by atoms with Gasteiger partial charge in [-0.3, -0.25) is 9.59 Å². The molecule has 0 aromatic rings. The Labute approximate surface area is 123 Å². The van der Waals surface area contributed by atoms with Gasteiger partial charge in [0.05, 0.1) is 19.6 Å². The number of ketones is 1. The van der Waals surface area contributed by atoms with E-state index in [0.29, 0.717) is 23.5 Å². The molecule has 1 aliphatic carbocycles. The van der Waals surface area contributed by atoms with Crippen LogP contribution in [0, 0.1) is 0 Å². The van der Waals surface area contributed by atoms with E-state index in [4.69, 9.17) is 9.47 Å². The second-order valence-electron chi connectivity index (χ2n) is 4.80. The molecule has 0 aromatic heterocycles. The lowest BCUT2D eigenvalue weighted by Crippen LogP contribution is -2.26. The van der Waals surface area contributed by atoms with Gasteiger partial charge in [-0.2, -0.15) is 0 Å². The maximum absolute atomic E-state index is 11.8. The molecule has 2 unspecified atom stereocenters. The van der Waals surface area contributed by atoms with Gasteiger partial charge in [-0.05, 0) is 25.3 Å². The fraction of sp³-hybridized carbons (Fsp3) is 0.714. The number of hydrogen-bond acceptors (Lipinski definition) is 6. The van der Waals surface area contributed by atoms with Gasteiger partial charge in [0.1, 0.15) is 0 Å². The highest BCUT2D eigenvalue weighted by molar-refractivity contribution is 8.04. The van der Waals surface area contributed by atoms with Gasteiger partial charge >= 0.3 is 5.97 Å². The topological polar surface area (TPSA) is 61.8 Å². The van der Waals surface area contributed by atoms with Crippen LogP contribution in [-0.2, 0) is 23.8 Å². The first-order valence-corrected chi connectivity index (χ1v) is 7.89. The molecule has 20 heavy (non-hydrogen) atoms. The average Bonchev–Trinajstić information content (AvgIpc) is 2.80. The van der Waals surface area contributed by atoms with Crippen molar-refractivity contribution in [2.75, 3.05) is 19.5 Å². The summed E-state index contributed by atoms with van der Waals surface area (Å²) in [7, 11) is 1.36. The summed E-state index contributed by atoms with van der Waals surface area (Å²) in [6, 6.07) is 0. The van der Waals surface area contributed by atoms with Crippen molar-refractivity contribution in [1.82, 2.24) is 0 Å². The first-order valence-electron chi connectivity index (χ1n) is 6.90. The molecule has 2 atom stereocenters. The molecular formula is C14H20O5S. The van der Waals surface area contributed by atoms with Crippen LogP contribution >= 0.6 is 11.8 Å². The molecule has 0 spiro atoms. The number of esters is 1. The van der Waals surface area contributed by atoms with E-state index in [1.807, 2.05) is 6.08 Å². The molecule has 112 valence electrons. The molecule has 5 nitrogen and oxygen atoms in total. The molecule has 2 rings (SSSR count). The van der Waals surface area contributed by atoms with Crippen LogP contribution in [0.1, 0.15) is 32.1 Å². The summed E-state index contributed by atoms with van der Waals surface area (Å²) < 4.78 is 15.8. The fourth-order valence-corrected chi connectivity index (χ4v) is 3.16. The van der Waals surface area contributed by atoms with E-state index in [1.54, 1.807) is 0 Å². The highest BCUT2D eigenvalue weighted by Crippen LogP contribution is 2.29. The Kier molecular flexibility index (Phi) is 6.06. The van der Waals surface area contributed by atoms with Crippen LogP contribution in [0.4, 0.5) is 0 Å².